The van der Waals surface area contributed by atoms with Crippen LogP contribution in [0.1, 0.15) is 20.3 Å². The molecular weight excluding hydrogens is 204 g/mol. The molecule has 0 aromatic carbocycles. The molecule has 2 N–H and O–H groups in total. The summed E-state index contributed by atoms with van der Waals surface area (Å²) in [5.41, 5.74) is 5.83. The van der Waals surface area contributed by atoms with Crippen molar-refractivity contribution < 1.29 is 4.74 Å². The second-order valence-corrected chi connectivity index (χ2v) is 3.71. The van der Waals surface area contributed by atoms with Crippen molar-refractivity contribution in [1.29, 1.82) is 0 Å². The fourth-order valence-electron chi connectivity index (χ4n) is 1.51. The lowest BCUT2D eigenvalue weighted by molar-refractivity contribution is 0.203. The minimum atomic E-state index is 0.370. The van der Waals surface area contributed by atoms with Gasteiger partial charge in [-0.25, -0.2) is 9.97 Å². The first-order valence-corrected chi connectivity index (χ1v) is 5.52. The highest BCUT2D eigenvalue weighted by molar-refractivity contribution is 5.57. The summed E-state index contributed by atoms with van der Waals surface area (Å²) in [6.45, 7) is 5.70. The Bertz CT molecular complexity index is 319. The fourth-order valence-corrected chi connectivity index (χ4v) is 1.51. The van der Waals surface area contributed by atoms with Gasteiger partial charge in [-0.05, 0) is 13.3 Å². The summed E-state index contributed by atoms with van der Waals surface area (Å²) in [4.78, 5) is 10.5. The summed E-state index contributed by atoms with van der Waals surface area (Å²) in [6.07, 6.45) is 4.29. The summed E-state index contributed by atoms with van der Waals surface area (Å²) in [5.74, 6) is 1.22. The maximum Gasteiger partial charge on any atom is 0.171 e. The van der Waals surface area contributed by atoms with Gasteiger partial charge < -0.3 is 15.4 Å². The summed E-state index contributed by atoms with van der Waals surface area (Å²) < 4.78 is 5.10. The second kappa shape index (κ2) is 6.27. The van der Waals surface area contributed by atoms with Crippen LogP contribution in [0.15, 0.2) is 12.4 Å². The molecule has 90 valence electrons. The molecule has 0 amide bonds. The molecule has 1 unspecified atom stereocenters. The summed E-state index contributed by atoms with van der Waals surface area (Å²) in [5, 5.41) is 0. The lowest BCUT2D eigenvalue weighted by atomic mass is 10.2. The molecule has 1 rings (SSSR count). The molecule has 0 fully saturated rings. The number of anilines is 2. The maximum absolute atomic E-state index is 5.83. The van der Waals surface area contributed by atoms with Crippen LogP contribution >= 0.6 is 0 Å². The van der Waals surface area contributed by atoms with Crippen molar-refractivity contribution >= 4 is 11.6 Å². The highest BCUT2D eigenvalue weighted by Gasteiger charge is 2.16. The number of nitrogens with two attached hydrogens (primary N) is 1. The first-order valence-electron chi connectivity index (χ1n) is 5.52. The zero-order chi connectivity index (χ0) is 12.0. The van der Waals surface area contributed by atoms with E-state index in [9.17, 15) is 0 Å². The van der Waals surface area contributed by atoms with Crippen LogP contribution in [0, 0.1) is 0 Å². The summed E-state index contributed by atoms with van der Waals surface area (Å²) >= 11 is 0. The maximum atomic E-state index is 5.83. The van der Waals surface area contributed by atoms with Crippen LogP contribution in [0.3, 0.4) is 0 Å². The normalized spacial score (nSPS) is 12.4. The van der Waals surface area contributed by atoms with Crippen molar-refractivity contribution in [3.05, 3.63) is 12.4 Å². The van der Waals surface area contributed by atoms with E-state index in [1.165, 1.54) is 0 Å². The third-order valence-corrected chi connectivity index (χ3v) is 2.64. The van der Waals surface area contributed by atoms with Crippen LogP contribution < -0.4 is 10.6 Å². The third-order valence-electron chi connectivity index (χ3n) is 2.64. The molecule has 0 aliphatic carbocycles. The lowest BCUT2D eigenvalue weighted by Crippen LogP contribution is -2.36. The Kier molecular flexibility index (Phi) is 4.98. The Labute approximate surface area is 96.6 Å². The monoisotopic (exact) mass is 224 g/mol. The van der Waals surface area contributed by atoms with Gasteiger partial charge in [0.05, 0.1) is 6.61 Å². The van der Waals surface area contributed by atoms with Crippen molar-refractivity contribution in [3.63, 3.8) is 0 Å². The number of hydrogen-bond acceptors (Lipinski definition) is 5. The van der Waals surface area contributed by atoms with Gasteiger partial charge in [-0.15, -0.1) is 0 Å². The van der Waals surface area contributed by atoms with E-state index in [0.717, 1.165) is 18.8 Å². The highest BCUT2D eigenvalue weighted by Crippen LogP contribution is 2.20. The van der Waals surface area contributed by atoms with E-state index in [0.29, 0.717) is 18.5 Å². The molecule has 0 saturated heterocycles. The Morgan fingerprint density at radius 3 is 2.69 bits per heavy atom. The van der Waals surface area contributed by atoms with E-state index in [1.807, 2.05) is 0 Å². The van der Waals surface area contributed by atoms with Crippen LogP contribution in [-0.2, 0) is 4.74 Å². The molecule has 0 bridgehead atoms. The van der Waals surface area contributed by atoms with Crippen LogP contribution in [0.4, 0.5) is 11.6 Å². The molecule has 0 saturated carbocycles. The van der Waals surface area contributed by atoms with Crippen molar-refractivity contribution in [2.24, 2.45) is 0 Å². The van der Waals surface area contributed by atoms with E-state index in [-0.39, 0.29) is 0 Å². The number of rotatable bonds is 6. The predicted molar refractivity (Wildman–Crippen MR) is 65.4 cm³/mol. The van der Waals surface area contributed by atoms with Gasteiger partial charge >= 0.3 is 0 Å². The first-order chi connectivity index (χ1) is 7.70. The van der Waals surface area contributed by atoms with E-state index in [1.54, 1.807) is 19.5 Å². The van der Waals surface area contributed by atoms with Gasteiger partial charge in [-0.3, -0.25) is 0 Å². The molecule has 5 nitrogen and oxygen atoms in total. The number of nitrogens with zero attached hydrogens (tertiary/aromatic N) is 3. The minimum Gasteiger partial charge on any atom is -0.383 e. The van der Waals surface area contributed by atoms with Gasteiger partial charge in [0.1, 0.15) is 0 Å². The van der Waals surface area contributed by atoms with Gasteiger partial charge in [-0.2, -0.15) is 0 Å². The van der Waals surface area contributed by atoms with E-state index < -0.39 is 0 Å². The zero-order valence-electron chi connectivity index (χ0n) is 10.2. The van der Waals surface area contributed by atoms with Crippen LogP contribution in [-0.4, -0.2) is 36.3 Å². The molecule has 1 heterocycles. The predicted octanol–water partition coefficient (Wildman–Crippen LogP) is 1.31. The van der Waals surface area contributed by atoms with E-state index in [2.05, 4.69) is 28.7 Å². The Morgan fingerprint density at radius 1 is 1.44 bits per heavy atom. The minimum absolute atomic E-state index is 0.370. The number of aromatic nitrogens is 2. The Balaban J connectivity index is 2.87. The topological polar surface area (TPSA) is 64.3 Å². The molecule has 1 aromatic rings. The number of ether oxygens (including phenoxy) is 1. The van der Waals surface area contributed by atoms with Crippen molar-refractivity contribution in [2.45, 2.75) is 26.3 Å². The molecule has 0 aliphatic rings. The largest absolute Gasteiger partial charge is 0.383 e. The van der Waals surface area contributed by atoms with Gasteiger partial charge in [0.2, 0.25) is 0 Å². The number of nitrogen functional groups attached to an aromatic ring is 1. The van der Waals surface area contributed by atoms with Crippen molar-refractivity contribution in [1.82, 2.24) is 9.97 Å². The average molecular weight is 224 g/mol. The first kappa shape index (κ1) is 12.7. The standard InChI is InChI=1S/C11H20N4O/c1-4-9(2)15(7-8-16-3)11-10(12)13-5-6-14-11/h5-6,9H,4,7-8H2,1-3H3,(H2,12,13). The fraction of sp³-hybridized carbons (Fsp3) is 0.636. The second-order valence-electron chi connectivity index (χ2n) is 3.71. The van der Waals surface area contributed by atoms with E-state index >= 15 is 0 Å². The van der Waals surface area contributed by atoms with Gasteiger partial charge in [0.15, 0.2) is 11.6 Å². The smallest absolute Gasteiger partial charge is 0.171 e. The van der Waals surface area contributed by atoms with Gasteiger partial charge in [0, 0.05) is 32.1 Å². The molecule has 16 heavy (non-hydrogen) atoms. The van der Waals surface area contributed by atoms with Gasteiger partial charge in [-0.1, -0.05) is 6.92 Å². The van der Waals surface area contributed by atoms with Crippen LogP contribution in [0.25, 0.3) is 0 Å². The number of methoxy groups -OCH3 is 1. The van der Waals surface area contributed by atoms with Crippen molar-refractivity contribution in [2.75, 3.05) is 30.9 Å². The molecular formula is C11H20N4O. The third kappa shape index (κ3) is 3.06. The van der Waals surface area contributed by atoms with Crippen molar-refractivity contribution in [3.8, 4) is 0 Å². The Morgan fingerprint density at radius 2 is 2.12 bits per heavy atom. The Hall–Kier alpha value is -1.36. The van der Waals surface area contributed by atoms with Crippen LogP contribution in [0.5, 0.6) is 0 Å². The number of hydrogen-bond donors (Lipinski definition) is 1. The molecule has 0 spiro atoms. The van der Waals surface area contributed by atoms with Gasteiger partial charge in [0.25, 0.3) is 0 Å². The quantitative estimate of drug-likeness (QED) is 0.789. The molecule has 5 heteroatoms. The lowest BCUT2D eigenvalue weighted by Gasteiger charge is -2.29. The molecule has 0 radical (unpaired) electrons. The molecule has 0 aliphatic heterocycles. The molecule has 1 atom stereocenters. The highest BCUT2D eigenvalue weighted by atomic mass is 16.5. The summed E-state index contributed by atoms with van der Waals surface area (Å²) in [7, 11) is 1.69. The average Bonchev–Trinajstić information content (AvgIpc) is 2.31. The summed E-state index contributed by atoms with van der Waals surface area (Å²) in [6, 6.07) is 0.370. The SMILES string of the molecule is CCC(C)N(CCOC)c1nccnc1N. The molecule has 1 aromatic heterocycles. The van der Waals surface area contributed by atoms with Crippen LogP contribution in [0.2, 0.25) is 0 Å². The van der Waals surface area contributed by atoms with E-state index in [4.69, 9.17) is 10.5 Å². The zero-order valence-corrected chi connectivity index (χ0v) is 10.2.